The molecular formula is C15H16ClNO3S. The first-order valence-corrected chi connectivity index (χ1v) is 8.79. The summed E-state index contributed by atoms with van der Waals surface area (Å²) in [6.45, 7) is 1.31. The Bertz CT molecular complexity index is 677. The third-order valence-corrected chi connectivity index (χ3v) is 7.27. The molecule has 0 aromatic heterocycles. The van der Waals surface area contributed by atoms with Crippen LogP contribution in [0.15, 0.2) is 29.2 Å². The van der Waals surface area contributed by atoms with Gasteiger partial charge in [0.2, 0.25) is 0 Å². The molecule has 0 bridgehead atoms. The molecule has 1 aliphatic heterocycles. The summed E-state index contributed by atoms with van der Waals surface area (Å²) >= 11 is 5.80. The molecule has 1 aromatic carbocycles. The minimum absolute atomic E-state index is 0.0343. The van der Waals surface area contributed by atoms with Crippen molar-refractivity contribution >= 4 is 21.4 Å². The lowest BCUT2D eigenvalue weighted by Gasteiger charge is -2.53. The standard InChI is InChI=1S/C15H16ClNO3S/c16-12-1-3-13(4-2-12)21(18,19)15(11-17)9-14(10-15)5-7-20-8-6-14/h1-4H,5-10H2. The molecule has 1 saturated carbocycles. The Morgan fingerprint density at radius 3 is 2.24 bits per heavy atom. The third kappa shape index (κ3) is 2.26. The van der Waals surface area contributed by atoms with Gasteiger partial charge in [0.05, 0.1) is 11.0 Å². The van der Waals surface area contributed by atoms with Gasteiger partial charge in [0.1, 0.15) is 0 Å². The fraction of sp³-hybridized carbons (Fsp3) is 0.533. The molecule has 1 spiro atoms. The number of halogens is 1. The van der Waals surface area contributed by atoms with Gasteiger partial charge in [0, 0.05) is 18.2 Å². The van der Waals surface area contributed by atoms with Crippen LogP contribution in [0.2, 0.25) is 5.02 Å². The van der Waals surface area contributed by atoms with E-state index in [0.717, 1.165) is 12.8 Å². The maximum absolute atomic E-state index is 12.8. The molecule has 1 saturated heterocycles. The molecule has 1 aliphatic carbocycles. The van der Waals surface area contributed by atoms with Crippen molar-refractivity contribution in [3.8, 4) is 6.07 Å². The zero-order valence-corrected chi connectivity index (χ0v) is 13.1. The lowest BCUT2D eigenvalue weighted by Crippen LogP contribution is -2.57. The van der Waals surface area contributed by atoms with Gasteiger partial charge in [0.15, 0.2) is 14.6 Å². The summed E-state index contributed by atoms with van der Waals surface area (Å²) in [7, 11) is -3.67. The van der Waals surface area contributed by atoms with E-state index in [-0.39, 0.29) is 10.3 Å². The Balaban J connectivity index is 1.91. The van der Waals surface area contributed by atoms with Gasteiger partial charge in [0.25, 0.3) is 0 Å². The molecule has 112 valence electrons. The van der Waals surface area contributed by atoms with E-state index in [1.807, 2.05) is 0 Å². The van der Waals surface area contributed by atoms with Crippen molar-refractivity contribution in [3.63, 3.8) is 0 Å². The zero-order valence-electron chi connectivity index (χ0n) is 11.5. The second-order valence-corrected chi connectivity index (χ2v) is 8.73. The van der Waals surface area contributed by atoms with E-state index in [9.17, 15) is 13.7 Å². The van der Waals surface area contributed by atoms with Gasteiger partial charge in [-0.15, -0.1) is 0 Å². The minimum Gasteiger partial charge on any atom is -0.381 e. The zero-order chi connectivity index (χ0) is 15.1. The molecule has 1 aromatic rings. The number of hydrogen-bond donors (Lipinski definition) is 0. The Labute approximate surface area is 129 Å². The summed E-state index contributed by atoms with van der Waals surface area (Å²) < 4.78 is 29.7. The van der Waals surface area contributed by atoms with Crippen molar-refractivity contribution in [2.45, 2.75) is 35.3 Å². The summed E-state index contributed by atoms with van der Waals surface area (Å²) in [5.41, 5.74) is -0.0343. The van der Waals surface area contributed by atoms with Gasteiger partial charge >= 0.3 is 0 Å². The SMILES string of the molecule is N#CC1(S(=O)(=O)c2ccc(Cl)cc2)CC2(CCOCC2)C1. The average molecular weight is 326 g/mol. The second kappa shape index (κ2) is 4.98. The fourth-order valence-electron chi connectivity index (χ4n) is 3.49. The number of rotatable bonds is 2. The Hall–Kier alpha value is -1.09. The van der Waals surface area contributed by atoms with Gasteiger partial charge in [-0.1, -0.05) is 11.6 Å². The molecule has 4 nitrogen and oxygen atoms in total. The number of nitriles is 1. The lowest BCUT2D eigenvalue weighted by molar-refractivity contribution is -0.0382. The van der Waals surface area contributed by atoms with Crippen LogP contribution < -0.4 is 0 Å². The van der Waals surface area contributed by atoms with Gasteiger partial charge in [-0.2, -0.15) is 5.26 Å². The topological polar surface area (TPSA) is 67.2 Å². The van der Waals surface area contributed by atoms with Crippen LogP contribution in [0.4, 0.5) is 0 Å². The highest BCUT2D eigenvalue weighted by Gasteiger charge is 2.62. The molecule has 0 unspecified atom stereocenters. The first-order chi connectivity index (χ1) is 9.93. The summed E-state index contributed by atoms with van der Waals surface area (Å²) in [6, 6.07) is 8.12. The summed E-state index contributed by atoms with van der Waals surface area (Å²) in [6.07, 6.45) is 2.49. The summed E-state index contributed by atoms with van der Waals surface area (Å²) in [4.78, 5) is 0.176. The maximum atomic E-state index is 12.8. The van der Waals surface area contributed by atoms with Crippen LogP contribution in [-0.2, 0) is 14.6 Å². The smallest absolute Gasteiger partial charge is 0.197 e. The van der Waals surface area contributed by atoms with Crippen LogP contribution in [0.3, 0.4) is 0 Å². The van der Waals surface area contributed by atoms with Crippen LogP contribution in [0.25, 0.3) is 0 Å². The molecule has 0 N–H and O–H groups in total. The molecule has 0 amide bonds. The molecule has 6 heteroatoms. The fourth-order valence-corrected chi connectivity index (χ4v) is 5.67. The van der Waals surface area contributed by atoms with Crippen molar-refractivity contribution in [1.82, 2.24) is 0 Å². The second-order valence-electron chi connectivity index (χ2n) is 6.03. The van der Waals surface area contributed by atoms with E-state index in [1.54, 1.807) is 12.1 Å². The summed E-state index contributed by atoms with van der Waals surface area (Å²) in [5, 5.41) is 10.00. The van der Waals surface area contributed by atoms with Gasteiger partial charge in [-0.05, 0) is 55.4 Å². The van der Waals surface area contributed by atoms with Crippen molar-refractivity contribution in [1.29, 1.82) is 5.26 Å². The van der Waals surface area contributed by atoms with Crippen LogP contribution in [0.1, 0.15) is 25.7 Å². The van der Waals surface area contributed by atoms with Gasteiger partial charge < -0.3 is 4.74 Å². The minimum atomic E-state index is -3.67. The van der Waals surface area contributed by atoms with Crippen molar-refractivity contribution in [2.75, 3.05) is 13.2 Å². The Morgan fingerprint density at radius 1 is 1.14 bits per heavy atom. The lowest BCUT2D eigenvalue weighted by atomic mass is 9.58. The van der Waals surface area contributed by atoms with Crippen LogP contribution >= 0.6 is 11.6 Å². The van der Waals surface area contributed by atoms with E-state index >= 15 is 0 Å². The molecule has 0 radical (unpaired) electrons. The van der Waals surface area contributed by atoms with Crippen LogP contribution in [0, 0.1) is 16.7 Å². The predicted molar refractivity (Wildman–Crippen MR) is 78.7 cm³/mol. The molecule has 2 aliphatic rings. The number of hydrogen-bond acceptors (Lipinski definition) is 4. The normalized spacial score (nSPS) is 23.2. The molecular weight excluding hydrogens is 310 g/mol. The molecule has 21 heavy (non-hydrogen) atoms. The Morgan fingerprint density at radius 2 is 1.71 bits per heavy atom. The number of sulfone groups is 1. The quantitative estimate of drug-likeness (QED) is 0.838. The highest BCUT2D eigenvalue weighted by Crippen LogP contribution is 2.58. The molecule has 2 fully saturated rings. The first-order valence-electron chi connectivity index (χ1n) is 6.92. The van der Waals surface area contributed by atoms with E-state index in [4.69, 9.17) is 16.3 Å². The van der Waals surface area contributed by atoms with E-state index in [2.05, 4.69) is 6.07 Å². The predicted octanol–water partition coefficient (Wildman–Crippen LogP) is 2.97. The molecule has 0 atom stereocenters. The van der Waals surface area contributed by atoms with E-state index < -0.39 is 14.6 Å². The number of benzene rings is 1. The van der Waals surface area contributed by atoms with E-state index in [0.29, 0.717) is 31.1 Å². The van der Waals surface area contributed by atoms with E-state index in [1.165, 1.54) is 12.1 Å². The summed E-state index contributed by atoms with van der Waals surface area (Å²) in [5.74, 6) is 0. The van der Waals surface area contributed by atoms with Crippen molar-refractivity contribution in [3.05, 3.63) is 29.3 Å². The monoisotopic (exact) mass is 325 g/mol. The maximum Gasteiger partial charge on any atom is 0.197 e. The number of nitrogens with zero attached hydrogens (tertiary/aromatic N) is 1. The molecule has 1 heterocycles. The highest BCUT2D eigenvalue weighted by atomic mass is 35.5. The van der Waals surface area contributed by atoms with Crippen molar-refractivity contribution in [2.24, 2.45) is 5.41 Å². The first kappa shape index (κ1) is 14.8. The third-order valence-electron chi connectivity index (χ3n) is 4.72. The van der Waals surface area contributed by atoms with Crippen LogP contribution in [-0.4, -0.2) is 26.4 Å². The number of ether oxygens (including phenoxy) is 1. The van der Waals surface area contributed by atoms with Gasteiger partial charge in [-0.25, -0.2) is 8.42 Å². The largest absolute Gasteiger partial charge is 0.381 e. The van der Waals surface area contributed by atoms with Crippen molar-refractivity contribution < 1.29 is 13.2 Å². The van der Waals surface area contributed by atoms with Gasteiger partial charge in [-0.3, -0.25) is 0 Å². The molecule has 3 rings (SSSR count). The highest BCUT2D eigenvalue weighted by molar-refractivity contribution is 7.93. The Kier molecular flexibility index (Phi) is 3.52. The van der Waals surface area contributed by atoms with Crippen LogP contribution in [0.5, 0.6) is 0 Å². The average Bonchev–Trinajstić information content (AvgIpc) is 2.45.